The Morgan fingerprint density at radius 3 is 2.39 bits per heavy atom. The van der Waals surface area contributed by atoms with Crippen LogP contribution in [0.15, 0.2) is 45.6 Å². The molecule has 2 aromatic rings. The maximum atomic E-state index is 12.7. The Bertz CT molecular complexity index is 1140. The molecule has 0 radical (unpaired) electrons. The van der Waals surface area contributed by atoms with E-state index in [9.17, 15) is 27.9 Å². The zero-order chi connectivity index (χ0) is 24.6. The molecule has 13 heteroatoms. The van der Waals surface area contributed by atoms with Crippen LogP contribution >= 0.6 is 11.3 Å². The van der Waals surface area contributed by atoms with Crippen molar-refractivity contribution in [1.29, 1.82) is 0 Å². The molecule has 0 spiro atoms. The van der Waals surface area contributed by atoms with E-state index in [-0.39, 0.29) is 46.6 Å². The van der Waals surface area contributed by atoms with Crippen LogP contribution in [-0.2, 0) is 26.0 Å². The normalized spacial score (nSPS) is 11.9. The number of nitrogens with zero attached hydrogens (tertiary/aromatic N) is 1. The average molecular weight is 496 g/mol. The van der Waals surface area contributed by atoms with Crippen molar-refractivity contribution in [2.24, 2.45) is 16.5 Å². The number of thiophene rings is 1. The number of aliphatic imine (C=N–C) groups is 1. The minimum Gasteiger partial charge on any atom is -0.480 e. The summed E-state index contributed by atoms with van der Waals surface area (Å²) >= 11 is 0.964. The van der Waals surface area contributed by atoms with Crippen molar-refractivity contribution in [1.82, 2.24) is 5.32 Å². The minimum atomic E-state index is -4.02. The van der Waals surface area contributed by atoms with Gasteiger partial charge in [0.15, 0.2) is 5.96 Å². The summed E-state index contributed by atoms with van der Waals surface area (Å²) in [5, 5.41) is 13.3. The first-order valence-corrected chi connectivity index (χ1v) is 12.1. The molecule has 1 heterocycles. The highest BCUT2D eigenvalue weighted by Crippen LogP contribution is 2.25. The number of amides is 1. The molecule has 1 aromatic carbocycles. The Balaban J connectivity index is 2.10. The third kappa shape index (κ3) is 7.88. The molecule has 0 bridgehead atoms. The van der Waals surface area contributed by atoms with E-state index in [2.05, 4.69) is 15.0 Å². The smallest absolute Gasteiger partial charge is 0.326 e. The first-order valence-electron chi connectivity index (χ1n) is 9.77. The molecular formula is C20H25N5O6S2. The predicted octanol–water partition coefficient (Wildman–Crippen LogP) is 0.917. The van der Waals surface area contributed by atoms with E-state index < -0.39 is 27.9 Å². The zero-order valence-corrected chi connectivity index (χ0v) is 19.4. The molecule has 0 saturated heterocycles. The number of carbonyl (C=O) groups excluding carboxylic acids is 2. The molecule has 33 heavy (non-hydrogen) atoms. The van der Waals surface area contributed by atoms with Gasteiger partial charge in [-0.2, -0.15) is 0 Å². The van der Waals surface area contributed by atoms with Crippen LogP contribution in [0.4, 0.5) is 5.69 Å². The van der Waals surface area contributed by atoms with Crippen LogP contribution in [0.25, 0.3) is 0 Å². The van der Waals surface area contributed by atoms with Gasteiger partial charge in [-0.1, -0.05) is 12.1 Å². The Kier molecular flexibility index (Phi) is 8.94. The molecule has 1 amide bonds. The van der Waals surface area contributed by atoms with Crippen molar-refractivity contribution in [2.75, 3.05) is 11.3 Å². The number of Topliss-reactive ketones (excluding diaryl/α,β-unsaturated/α-hetero) is 1. The summed E-state index contributed by atoms with van der Waals surface area (Å²) < 4.78 is 27.8. The maximum absolute atomic E-state index is 12.7. The molecule has 0 aliphatic carbocycles. The minimum absolute atomic E-state index is 0.0160. The average Bonchev–Trinajstić information content (AvgIpc) is 3.17. The van der Waals surface area contributed by atoms with E-state index in [0.717, 1.165) is 11.3 Å². The van der Waals surface area contributed by atoms with Crippen LogP contribution in [0, 0.1) is 0 Å². The van der Waals surface area contributed by atoms with Crippen LogP contribution in [0.1, 0.15) is 35.0 Å². The number of sulfonamides is 1. The molecule has 0 unspecified atom stereocenters. The van der Waals surface area contributed by atoms with Crippen LogP contribution < -0.4 is 21.5 Å². The molecule has 1 atom stereocenters. The molecule has 7 N–H and O–H groups in total. The van der Waals surface area contributed by atoms with Crippen molar-refractivity contribution < 1.29 is 27.9 Å². The van der Waals surface area contributed by atoms with Crippen molar-refractivity contribution in [3.05, 3.63) is 46.2 Å². The summed E-state index contributed by atoms with van der Waals surface area (Å²) in [4.78, 5) is 39.1. The molecule has 0 saturated carbocycles. The van der Waals surface area contributed by atoms with Gasteiger partial charge < -0.3 is 21.9 Å². The second-order valence-corrected chi connectivity index (χ2v) is 9.70. The molecule has 0 aliphatic heterocycles. The molecule has 1 aromatic heterocycles. The van der Waals surface area contributed by atoms with E-state index in [4.69, 9.17) is 11.5 Å². The number of carboxylic acids is 1. The van der Waals surface area contributed by atoms with Gasteiger partial charge in [-0.05, 0) is 48.9 Å². The fourth-order valence-electron chi connectivity index (χ4n) is 2.83. The summed E-state index contributed by atoms with van der Waals surface area (Å²) in [6.45, 7) is 1.64. The summed E-state index contributed by atoms with van der Waals surface area (Å²) in [5.41, 5.74) is 11.1. The number of hydrogen-bond acceptors (Lipinski definition) is 7. The summed E-state index contributed by atoms with van der Waals surface area (Å²) in [6.07, 6.45) is 0.592. The number of rotatable bonds is 12. The van der Waals surface area contributed by atoms with Gasteiger partial charge in [0.1, 0.15) is 16.7 Å². The third-order valence-electron chi connectivity index (χ3n) is 4.35. The van der Waals surface area contributed by atoms with Gasteiger partial charge in [-0.15, -0.1) is 11.3 Å². The highest BCUT2D eigenvalue weighted by molar-refractivity contribution is 7.92. The SMILES string of the molecule is CC(=O)Cc1ccc(S(=O)(=O)Nc2ccsc2C(=O)N[C@@H](CCCN=C(N)N)C(=O)O)cc1. The quantitative estimate of drug-likeness (QED) is 0.163. The number of anilines is 1. The molecule has 11 nitrogen and oxygen atoms in total. The monoisotopic (exact) mass is 495 g/mol. The number of carbonyl (C=O) groups is 3. The Labute approximate surface area is 194 Å². The van der Waals surface area contributed by atoms with Gasteiger partial charge >= 0.3 is 5.97 Å². The van der Waals surface area contributed by atoms with E-state index in [1.807, 2.05) is 0 Å². The van der Waals surface area contributed by atoms with Crippen LogP contribution in [-0.4, -0.2) is 49.7 Å². The zero-order valence-electron chi connectivity index (χ0n) is 17.8. The number of guanidine groups is 1. The number of nitrogens with one attached hydrogen (secondary N) is 2. The fraction of sp³-hybridized carbons (Fsp3) is 0.300. The van der Waals surface area contributed by atoms with Crippen LogP contribution in [0.3, 0.4) is 0 Å². The third-order valence-corrected chi connectivity index (χ3v) is 6.65. The second-order valence-electron chi connectivity index (χ2n) is 7.10. The van der Waals surface area contributed by atoms with Crippen molar-refractivity contribution in [3.63, 3.8) is 0 Å². The summed E-state index contributed by atoms with van der Waals surface area (Å²) in [5.74, 6) is -2.13. The lowest BCUT2D eigenvalue weighted by Gasteiger charge is -2.15. The number of hydrogen-bond donors (Lipinski definition) is 5. The van der Waals surface area contributed by atoms with Crippen LogP contribution in [0.5, 0.6) is 0 Å². The Morgan fingerprint density at radius 1 is 1.15 bits per heavy atom. The van der Waals surface area contributed by atoms with Gasteiger partial charge in [0.05, 0.1) is 10.6 Å². The van der Waals surface area contributed by atoms with E-state index in [1.165, 1.54) is 42.6 Å². The summed E-state index contributed by atoms with van der Waals surface area (Å²) in [7, 11) is -4.02. The van der Waals surface area contributed by atoms with Crippen molar-refractivity contribution >= 4 is 50.7 Å². The van der Waals surface area contributed by atoms with Gasteiger partial charge in [-0.25, -0.2) is 13.2 Å². The molecule has 178 valence electrons. The lowest BCUT2D eigenvalue weighted by molar-refractivity contribution is -0.139. The second kappa shape index (κ2) is 11.4. The highest BCUT2D eigenvalue weighted by Gasteiger charge is 2.24. The molecule has 0 aliphatic rings. The van der Waals surface area contributed by atoms with E-state index in [0.29, 0.717) is 12.0 Å². The Hall–Kier alpha value is -3.45. The Morgan fingerprint density at radius 2 is 1.82 bits per heavy atom. The van der Waals surface area contributed by atoms with Gasteiger partial charge in [0, 0.05) is 13.0 Å². The molecular weight excluding hydrogens is 470 g/mol. The summed E-state index contributed by atoms with van der Waals surface area (Å²) in [6, 6.07) is 6.02. The number of nitrogens with two attached hydrogens (primary N) is 2. The molecule has 2 rings (SSSR count). The lowest BCUT2D eigenvalue weighted by atomic mass is 10.1. The van der Waals surface area contributed by atoms with Crippen molar-refractivity contribution in [3.8, 4) is 0 Å². The molecule has 0 fully saturated rings. The number of benzene rings is 1. The first-order chi connectivity index (χ1) is 15.5. The van der Waals surface area contributed by atoms with E-state index in [1.54, 1.807) is 0 Å². The fourth-order valence-corrected chi connectivity index (χ4v) is 4.72. The van der Waals surface area contributed by atoms with E-state index >= 15 is 0 Å². The van der Waals surface area contributed by atoms with Gasteiger partial charge in [-0.3, -0.25) is 19.3 Å². The number of aliphatic carboxylic acids is 1. The predicted molar refractivity (Wildman–Crippen MR) is 125 cm³/mol. The van der Waals surface area contributed by atoms with Crippen LogP contribution in [0.2, 0.25) is 0 Å². The lowest BCUT2D eigenvalue weighted by Crippen LogP contribution is -2.40. The topological polar surface area (TPSA) is 194 Å². The standard InChI is InChI=1S/C20H25N5O6S2/c1-12(26)11-13-4-6-14(7-5-13)33(30,31)25-15-8-10-32-17(15)18(27)24-16(19(28)29)3-2-9-23-20(21)22/h4-8,10,16,25H,2-3,9,11H2,1H3,(H,24,27)(H,28,29)(H4,21,22,23)/t16-/m0/s1. The highest BCUT2D eigenvalue weighted by atomic mass is 32.2. The number of ketones is 1. The first kappa shape index (κ1) is 25.8. The maximum Gasteiger partial charge on any atom is 0.326 e. The number of carboxylic acid groups (broad SMARTS) is 1. The largest absolute Gasteiger partial charge is 0.480 e. The van der Waals surface area contributed by atoms with Gasteiger partial charge in [0.25, 0.3) is 15.9 Å². The van der Waals surface area contributed by atoms with Gasteiger partial charge in [0.2, 0.25) is 0 Å². The van der Waals surface area contributed by atoms with Crippen molar-refractivity contribution in [2.45, 2.75) is 37.1 Å².